The molecule has 0 aliphatic carbocycles. The number of para-hydroxylation sites is 2. The number of aromatic nitrogens is 2. The van der Waals surface area contributed by atoms with Crippen molar-refractivity contribution < 1.29 is 9.18 Å². The normalized spacial score (nSPS) is 10.8. The molecule has 0 saturated heterocycles. The quantitative estimate of drug-likeness (QED) is 0.266. The molecule has 0 N–H and O–H groups in total. The summed E-state index contributed by atoms with van der Waals surface area (Å²) in [6, 6.07) is 20.9. The van der Waals surface area contributed by atoms with E-state index in [1.165, 1.54) is 21.6 Å². The van der Waals surface area contributed by atoms with E-state index in [0.29, 0.717) is 21.7 Å². The van der Waals surface area contributed by atoms with Crippen LogP contribution in [0.15, 0.2) is 76.7 Å². The highest BCUT2D eigenvalue weighted by Crippen LogP contribution is 2.26. The second kappa shape index (κ2) is 10.5. The molecule has 6 nitrogen and oxygen atoms in total. The van der Waals surface area contributed by atoms with E-state index >= 15 is 0 Å². The highest BCUT2D eigenvalue weighted by molar-refractivity contribution is 7.99. The van der Waals surface area contributed by atoms with Crippen LogP contribution >= 0.6 is 11.8 Å². The largest absolute Gasteiger partial charge is 0.308 e. The minimum Gasteiger partial charge on any atom is -0.308 e. The van der Waals surface area contributed by atoms with Gasteiger partial charge < -0.3 is 4.90 Å². The summed E-state index contributed by atoms with van der Waals surface area (Å²) in [6.45, 7) is 3.92. The molecule has 3 aromatic carbocycles. The Labute approximate surface area is 206 Å². The highest BCUT2D eigenvalue weighted by atomic mass is 32.2. The van der Waals surface area contributed by atoms with E-state index in [2.05, 4.69) is 0 Å². The molecule has 4 aromatic rings. The number of rotatable bonds is 7. The topological polar surface area (TPSA) is 79.0 Å². The summed E-state index contributed by atoms with van der Waals surface area (Å²) in [5.74, 6) is -1.01. The van der Waals surface area contributed by atoms with Crippen LogP contribution < -0.4 is 10.5 Å². The fourth-order valence-electron chi connectivity index (χ4n) is 3.80. The SMILES string of the molecule is Cc1ccc(C)c(-n2c(SCC(=O)N(CCC#N)c3ccccc3F)nc3ccccc3c2=O)c1. The Balaban J connectivity index is 1.75. The number of nitrogens with zero attached hydrogens (tertiary/aromatic N) is 4. The van der Waals surface area contributed by atoms with E-state index in [1.54, 1.807) is 36.4 Å². The monoisotopic (exact) mass is 486 g/mol. The van der Waals surface area contributed by atoms with Crippen LogP contribution in [0.4, 0.5) is 10.1 Å². The predicted molar refractivity (Wildman–Crippen MR) is 137 cm³/mol. The zero-order chi connectivity index (χ0) is 24.9. The van der Waals surface area contributed by atoms with Crippen molar-refractivity contribution in [2.45, 2.75) is 25.4 Å². The number of amides is 1. The summed E-state index contributed by atoms with van der Waals surface area (Å²) < 4.78 is 16.0. The molecule has 0 bridgehead atoms. The van der Waals surface area contributed by atoms with Gasteiger partial charge in [-0.05, 0) is 55.3 Å². The maximum atomic E-state index is 14.4. The van der Waals surface area contributed by atoms with E-state index in [4.69, 9.17) is 10.2 Å². The number of thioether (sulfide) groups is 1. The van der Waals surface area contributed by atoms with Crippen molar-refractivity contribution in [1.82, 2.24) is 9.55 Å². The van der Waals surface area contributed by atoms with E-state index in [0.717, 1.165) is 22.9 Å². The molecule has 4 rings (SSSR count). The Morgan fingerprint density at radius 1 is 1.11 bits per heavy atom. The molecule has 0 unspecified atom stereocenters. The Hall–Kier alpha value is -3.96. The first-order chi connectivity index (χ1) is 16.9. The number of fused-ring (bicyclic) bond motifs is 1. The second-order valence-corrected chi connectivity index (χ2v) is 8.98. The van der Waals surface area contributed by atoms with E-state index in [1.807, 2.05) is 38.1 Å². The number of nitriles is 1. The fraction of sp³-hybridized carbons (Fsp3) is 0.185. The van der Waals surface area contributed by atoms with Crippen LogP contribution in [0, 0.1) is 31.0 Å². The molecule has 1 aromatic heterocycles. The van der Waals surface area contributed by atoms with Gasteiger partial charge in [0.1, 0.15) is 5.82 Å². The molecule has 0 fully saturated rings. The molecule has 0 aliphatic heterocycles. The average Bonchev–Trinajstić information content (AvgIpc) is 2.86. The number of anilines is 1. The van der Waals surface area contributed by atoms with Gasteiger partial charge >= 0.3 is 0 Å². The van der Waals surface area contributed by atoms with Crippen LogP contribution in [0.1, 0.15) is 17.5 Å². The third-order valence-corrected chi connectivity index (χ3v) is 6.49. The molecular formula is C27H23FN4O2S. The van der Waals surface area contributed by atoms with Gasteiger partial charge in [0.25, 0.3) is 5.56 Å². The Morgan fingerprint density at radius 2 is 1.86 bits per heavy atom. The molecule has 0 radical (unpaired) electrons. The highest BCUT2D eigenvalue weighted by Gasteiger charge is 2.21. The van der Waals surface area contributed by atoms with Gasteiger partial charge in [-0.2, -0.15) is 5.26 Å². The summed E-state index contributed by atoms with van der Waals surface area (Å²) >= 11 is 1.11. The number of aryl methyl sites for hydroxylation is 2. The average molecular weight is 487 g/mol. The van der Waals surface area contributed by atoms with Crippen molar-refractivity contribution in [2.24, 2.45) is 0 Å². The van der Waals surface area contributed by atoms with Crippen molar-refractivity contribution in [1.29, 1.82) is 5.26 Å². The first-order valence-corrected chi connectivity index (χ1v) is 12.0. The van der Waals surface area contributed by atoms with Crippen molar-refractivity contribution in [3.8, 4) is 11.8 Å². The number of carbonyl (C=O) groups excluding carboxylic acids is 1. The van der Waals surface area contributed by atoms with Crippen LogP contribution in [0.3, 0.4) is 0 Å². The number of hydrogen-bond donors (Lipinski definition) is 0. The lowest BCUT2D eigenvalue weighted by molar-refractivity contribution is -0.116. The van der Waals surface area contributed by atoms with Gasteiger partial charge in [0.2, 0.25) is 5.91 Å². The predicted octanol–water partition coefficient (Wildman–Crippen LogP) is 5.18. The zero-order valence-corrected chi connectivity index (χ0v) is 20.2. The Kier molecular flexibility index (Phi) is 7.28. The number of benzene rings is 3. The van der Waals surface area contributed by atoms with Gasteiger partial charge in [0.05, 0.1) is 40.5 Å². The van der Waals surface area contributed by atoms with Crippen LogP contribution in [0.25, 0.3) is 16.6 Å². The number of carbonyl (C=O) groups is 1. The van der Waals surface area contributed by atoms with Gasteiger partial charge in [-0.15, -0.1) is 0 Å². The molecule has 0 spiro atoms. The van der Waals surface area contributed by atoms with Gasteiger partial charge in [0.15, 0.2) is 5.16 Å². The molecule has 0 atom stereocenters. The van der Waals surface area contributed by atoms with Gasteiger partial charge in [-0.25, -0.2) is 9.37 Å². The molecule has 35 heavy (non-hydrogen) atoms. The summed E-state index contributed by atoms with van der Waals surface area (Å²) in [6.07, 6.45) is 0.0617. The van der Waals surface area contributed by atoms with Gasteiger partial charge in [-0.3, -0.25) is 14.2 Å². The third kappa shape index (κ3) is 5.10. The third-order valence-electron chi connectivity index (χ3n) is 5.57. The van der Waals surface area contributed by atoms with Crippen LogP contribution in [-0.4, -0.2) is 27.8 Å². The first-order valence-electron chi connectivity index (χ1n) is 11.0. The van der Waals surface area contributed by atoms with Crippen LogP contribution in [-0.2, 0) is 4.79 Å². The Morgan fingerprint density at radius 3 is 2.63 bits per heavy atom. The summed E-state index contributed by atoms with van der Waals surface area (Å²) in [4.78, 5) is 32.7. The second-order valence-electron chi connectivity index (χ2n) is 8.04. The molecule has 0 saturated carbocycles. The molecule has 0 aliphatic rings. The summed E-state index contributed by atoms with van der Waals surface area (Å²) in [5.41, 5.74) is 2.99. The van der Waals surface area contributed by atoms with Crippen molar-refractivity contribution in [3.63, 3.8) is 0 Å². The summed E-state index contributed by atoms with van der Waals surface area (Å²) in [5, 5.41) is 9.87. The number of hydrogen-bond acceptors (Lipinski definition) is 5. The molecule has 8 heteroatoms. The van der Waals surface area contributed by atoms with Crippen LogP contribution in [0.5, 0.6) is 0 Å². The maximum absolute atomic E-state index is 14.4. The number of halogens is 1. The molecular weight excluding hydrogens is 463 g/mol. The lowest BCUT2D eigenvalue weighted by Crippen LogP contribution is -2.34. The Bertz CT molecular complexity index is 1510. The van der Waals surface area contributed by atoms with E-state index < -0.39 is 5.82 Å². The van der Waals surface area contributed by atoms with Crippen molar-refractivity contribution in [2.75, 3.05) is 17.2 Å². The lowest BCUT2D eigenvalue weighted by Gasteiger charge is -2.22. The maximum Gasteiger partial charge on any atom is 0.266 e. The van der Waals surface area contributed by atoms with Crippen molar-refractivity contribution >= 4 is 34.3 Å². The first kappa shape index (κ1) is 24.2. The minimum absolute atomic E-state index is 0.0613. The minimum atomic E-state index is -0.542. The molecule has 1 amide bonds. The van der Waals surface area contributed by atoms with E-state index in [9.17, 15) is 14.0 Å². The lowest BCUT2D eigenvalue weighted by atomic mass is 10.1. The standard InChI is InChI=1S/C27H23FN4O2S/c1-18-12-13-19(2)24(16-18)32-26(34)20-8-3-5-10-22(20)30-27(32)35-17-25(33)31(15-7-14-29)23-11-6-4-9-21(23)28/h3-6,8-13,16H,7,15,17H2,1-2H3. The summed E-state index contributed by atoms with van der Waals surface area (Å²) in [7, 11) is 0. The van der Waals surface area contributed by atoms with Gasteiger partial charge in [0, 0.05) is 6.54 Å². The van der Waals surface area contributed by atoms with Crippen LogP contribution in [0.2, 0.25) is 0 Å². The fourth-order valence-corrected chi connectivity index (χ4v) is 4.68. The molecule has 176 valence electrons. The smallest absolute Gasteiger partial charge is 0.266 e. The van der Waals surface area contributed by atoms with Crippen molar-refractivity contribution in [3.05, 3.63) is 94.0 Å². The van der Waals surface area contributed by atoms with E-state index in [-0.39, 0.29) is 35.9 Å². The molecule has 1 heterocycles. The zero-order valence-electron chi connectivity index (χ0n) is 19.4. The van der Waals surface area contributed by atoms with Gasteiger partial charge in [-0.1, -0.05) is 48.2 Å².